The van der Waals surface area contributed by atoms with Gasteiger partial charge in [0.15, 0.2) is 0 Å². The molecule has 0 atom stereocenters. The van der Waals surface area contributed by atoms with Gasteiger partial charge in [-0.3, -0.25) is 0 Å². The largest absolute Gasteiger partial charge is 0.378 e. The summed E-state index contributed by atoms with van der Waals surface area (Å²) in [7, 11) is 0. The lowest BCUT2D eigenvalue weighted by molar-refractivity contribution is 0.122. The molecule has 5 nitrogen and oxygen atoms in total. The van der Waals surface area contributed by atoms with Crippen molar-refractivity contribution in [2.75, 3.05) is 36.5 Å². The van der Waals surface area contributed by atoms with Gasteiger partial charge in [0, 0.05) is 30.4 Å². The van der Waals surface area contributed by atoms with Crippen LogP contribution in [0.5, 0.6) is 0 Å². The molecule has 100 valence electrons. The first kappa shape index (κ1) is 13.1. The van der Waals surface area contributed by atoms with Crippen LogP contribution in [0.1, 0.15) is 26.5 Å². The summed E-state index contributed by atoms with van der Waals surface area (Å²) in [6, 6.07) is 1.98. The Bertz CT molecular complexity index is 408. The number of rotatable bonds is 2. The van der Waals surface area contributed by atoms with E-state index in [9.17, 15) is 0 Å². The number of morpholine rings is 1. The Morgan fingerprint density at radius 2 is 1.89 bits per heavy atom. The first-order valence-electron chi connectivity index (χ1n) is 6.41. The second kappa shape index (κ2) is 5.10. The van der Waals surface area contributed by atoms with Crippen LogP contribution in [0.4, 0.5) is 11.8 Å². The summed E-state index contributed by atoms with van der Waals surface area (Å²) in [6.45, 7) is 11.6. The van der Waals surface area contributed by atoms with Crippen molar-refractivity contribution in [2.45, 2.75) is 33.2 Å². The Balaban J connectivity index is 2.20. The van der Waals surface area contributed by atoms with Crippen LogP contribution in [-0.2, 0) is 4.74 Å². The molecule has 1 aromatic heterocycles. The van der Waals surface area contributed by atoms with Crippen molar-refractivity contribution in [1.82, 2.24) is 9.97 Å². The Morgan fingerprint density at radius 1 is 1.22 bits per heavy atom. The zero-order valence-corrected chi connectivity index (χ0v) is 11.7. The molecule has 0 bridgehead atoms. The molecule has 1 aliphatic heterocycles. The topological polar surface area (TPSA) is 50.3 Å². The smallest absolute Gasteiger partial charge is 0.227 e. The van der Waals surface area contributed by atoms with E-state index in [4.69, 9.17) is 4.74 Å². The van der Waals surface area contributed by atoms with Crippen LogP contribution in [0.25, 0.3) is 0 Å². The van der Waals surface area contributed by atoms with Gasteiger partial charge < -0.3 is 15.0 Å². The zero-order valence-electron chi connectivity index (χ0n) is 11.7. The SMILES string of the molecule is Cc1cc(NC(C)(C)C)nc(N2CCOCC2)n1. The van der Waals surface area contributed by atoms with Crippen LogP contribution >= 0.6 is 0 Å². The number of hydrogen-bond acceptors (Lipinski definition) is 5. The Kier molecular flexibility index (Phi) is 3.71. The number of hydrogen-bond donors (Lipinski definition) is 1. The van der Waals surface area contributed by atoms with Crippen molar-refractivity contribution in [1.29, 1.82) is 0 Å². The monoisotopic (exact) mass is 250 g/mol. The third kappa shape index (κ3) is 3.57. The molecule has 1 aromatic rings. The average molecular weight is 250 g/mol. The lowest BCUT2D eigenvalue weighted by atomic mass is 10.1. The fraction of sp³-hybridized carbons (Fsp3) is 0.692. The van der Waals surface area contributed by atoms with Crippen LogP contribution in [-0.4, -0.2) is 41.8 Å². The zero-order chi connectivity index (χ0) is 13.2. The molecule has 0 amide bonds. The molecular formula is C13H22N4O. The summed E-state index contributed by atoms with van der Waals surface area (Å²) >= 11 is 0. The minimum absolute atomic E-state index is 0.00305. The first-order valence-corrected chi connectivity index (χ1v) is 6.41. The van der Waals surface area contributed by atoms with E-state index in [2.05, 4.69) is 41.0 Å². The van der Waals surface area contributed by atoms with Gasteiger partial charge in [0.1, 0.15) is 5.82 Å². The van der Waals surface area contributed by atoms with Crippen molar-refractivity contribution in [3.8, 4) is 0 Å². The second-order valence-electron chi connectivity index (χ2n) is 5.67. The van der Waals surface area contributed by atoms with Gasteiger partial charge in [0.05, 0.1) is 13.2 Å². The molecule has 2 heterocycles. The summed E-state index contributed by atoms with van der Waals surface area (Å²) in [6.07, 6.45) is 0. The molecule has 0 saturated carbocycles. The fourth-order valence-corrected chi connectivity index (χ4v) is 1.91. The standard InChI is InChI=1S/C13H22N4O/c1-10-9-11(16-13(2,3)4)15-12(14-10)17-5-7-18-8-6-17/h9H,5-8H2,1-4H3,(H,14,15,16). The molecule has 0 spiro atoms. The molecule has 1 aliphatic rings. The molecule has 0 aliphatic carbocycles. The van der Waals surface area contributed by atoms with E-state index in [1.165, 1.54) is 0 Å². The summed E-state index contributed by atoms with van der Waals surface area (Å²) in [5.74, 6) is 1.68. The molecule has 1 saturated heterocycles. The highest BCUT2D eigenvalue weighted by atomic mass is 16.5. The Hall–Kier alpha value is -1.36. The van der Waals surface area contributed by atoms with Crippen molar-refractivity contribution >= 4 is 11.8 Å². The average Bonchev–Trinajstić information content (AvgIpc) is 2.27. The summed E-state index contributed by atoms with van der Waals surface area (Å²) in [4.78, 5) is 11.3. The number of aryl methyl sites for hydroxylation is 1. The van der Waals surface area contributed by atoms with Crippen LogP contribution in [0.3, 0.4) is 0 Å². The van der Waals surface area contributed by atoms with Crippen molar-refractivity contribution < 1.29 is 4.74 Å². The highest BCUT2D eigenvalue weighted by Gasteiger charge is 2.16. The number of ether oxygens (including phenoxy) is 1. The quantitative estimate of drug-likeness (QED) is 0.868. The lowest BCUT2D eigenvalue weighted by Crippen LogP contribution is -2.37. The third-order valence-electron chi connectivity index (χ3n) is 2.64. The van der Waals surface area contributed by atoms with Crippen LogP contribution in [0.2, 0.25) is 0 Å². The molecule has 18 heavy (non-hydrogen) atoms. The summed E-state index contributed by atoms with van der Waals surface area (Å²) in [5, 5.41) is 3.39. The molecule has 1 N–H and O–H groups in total. The number of aromatic nitrogens is 2. The van der Waals surface area contributed by atoms with Crippen molar-refractivity contribution in [3.63, 3.8) is 0 Å². The van der Waals surface area contributed by atoms with Gasteiger partial charge in [-0.15, -0.1) is 0 Å². The van der Waals surface area contributed by atoms with Crippen molar-refractivity contribution in [2.24, 2.45) is 0 Å². The van der Waals surface area contributed by atoms with Crippen LogP contribution in [0.15, 0.2) is 6.07 Å². The summed E-state index contributed by atoms with van der Waals surface area (Å²) < 4.78 is 5.35. The van der Waals surface area contributed by atoms with E-state index in [1.54, 1.807) is 0 Å². The van der Waals surface area contributed by atoms with E-state index in [1.807, 2.05) is 13.0 Å². The maximum absolute atomic E-state index is 5.35. The van der Waals surface area contributed by atoms with Gasteiger partial charge in [-0.05, 0) is 27.7 Å². The van der Waals surface area contributed by atoms with E-state index in [-0.39, 0.29) is 5.54 Å². The maximum atomic E-state index is 5.35. The van der Waals surface area contributed by atoms with Gasteiger partial charge in [-0.1, -0.05) is 0 Å². The Morgan fingerprint density at radius 3 is 2.50 bits per heavy atom. The molecule has 0 unspecified atom stereocenters. The Labute approximate surface area is 109 Å². The molecule has 2 rings (SSSR count). The minimum Gasteiger partial charge on any atom is -0.378 e. The summed E-state index contributed by atoms with van der Waals surface area (Å²) in [5.41, 5.74) is 0.988. The molecule has 0 aromatic carbocycles. The molecular weight excluding hydrogens is 228 g/mol. The minimum atomic E-state index is 0.00305. The molecule has 5 heteroatoms. The van der Waals surface area contributed by atoms with Crippen LogP contribution in [0, 0.1) is 6.92 Å². The normalized spacial score (nSPS) is 16.8. The van der Waals surface area contributed by atoms with Gasteiger partial charge in [0.2, 0.25) is 5.95 Å². The highest BCUT2D eigenvalue weighted by Crippen LogP contribution is 2.18. The van der Waals surface area contributed by atoms with Gasteiger partial charge >= 0.3 is 0 Å². The number of nitrogens with zero attached hydrogens (tertiary/aromatic N) is 3. The van der Waals surface area contributed by atoms with Gasteiger partial charge in [-0.25, -0.2) is 4.98 Å². The van der Waals surface area contributed by atoms with Crippen molar-refractivity contribution in [3.05, 3.63) is 11.8 Å². The fourth-order valence-electron chi connectivity index (χ4n) is 1.91. The van der Waals surface area contributed by atoms with Crippen LogP contribution < -0.4 is 10.2 Å². The number of nitrogens with one attached hydrogen (secondary N) is 1. The van der Waals surface area contributed by atoms with Gasteiger partial charge in [-0.2, -0.15) is 4.98 Å². The highest BCUT2D eigenvalue weighted by molar-refractivity contribution is 5.45. The predicted octanol–water partition coefficient (Wildman–Crippen LogP) is 1.83. The maximum Gasteiger partial charge on any atom is 0.227 e. The lowest BCUT2D eigenvalue weighted by Gasteiger charge is -2.28. The molecule has 1 fully saturated rings. The molecule has 0 radical (unpaired) electrons. The first-order chi connectivity index (χ1) is 8.44. The predicted molar refractivity (Wildman–Crippen MR) is 73.2 cm³/mol. The second-order valence-corrected chi connectivity index (χ2v) is 5.67. The van der Waals surface area contributed by atoms with Gasteiger partial charge in [0.25, 0.3) is 0 Å². The van der Waals surface area contributed by atoms with E-state index in [0.29, 0.717) is 0 Å². The van der Waals surface area contributed by atoms with E-state index < -0.39 is 0 Å². The van der Waals surface area contributed by atoms with E-state index >= 15 is 0 Å². The number of anilines is 2. The van der Waals surface area contributed by atoms with E-state index in [0.717, 1.165) is 43.8 Å². The third-order valence-corrected chi connectivity index (χ3v) is 2.64.